The van der Waals surface area contributed by atoms with Crippen molar-refractivity contribution < 1.29 is 18.0 Å². The van der Waals surface area contributed by atoms with Crippen molar-refractivity contribution in [3.63, 3.8) is 0 Å². The van der Waals surface area contributed by atoms with Crippen LogP contribution in [0.2, 0.25) is 0 Å². The zero-order valence-corrected chi connectivity index (χ0v) is 9.28. The number of halogens is 4. The van der Waals surface area contributed by atoms with Crippen molar-refractivity contribution in [3.8, 4) is 0 Å². The van der Waals surface area contributed by atoms with Crippen molar-refractivity contribution in [2.24, 2.45) is 0 Å². The van der Waals surface area contributed by atoms with Crippen molar-refractivity contribution in [1.29, 1.82) is 0 Å². The van der Waals surface area contributed by atoms with Gasteiger partial charge in [0.25, 0.3) is 0 Å². The number of ketones is 1. The third-order valence-electron chi connectivity index (χ3n) is 1.84. The van der Waals surface area contributed by atoms with Gasteiger partial charge in [-0.2, -0.15) is 0 Å². The van der Waals surface area contributed by atoms with Crippen molar-refractivity contribution in [2.45, 2.75) is 12.8 Å². The molecule has 0 amide bonds. The molecule has 0 aromatic heterocycles. The summed E-state index contributed by atoms with van der Waals surface area (Å²) in [7, 11) is 0. The molecule has 0 spiro atoms. The number of benzene rings is 1. The number of Topliss-reactive ketones (excluding diaryl/α,β-unsaturated/α-hetero) is 1. The summed E-state index contributed by atoms with van der Waals surface area (Å²) in [5.41, 5.74) is -0.132. The van der Waals surface area contributed by atoms with Crippen LogP contribution in [0.25, 0.3) is 0 Å². The fourth-order valence-electron chi connectivity index (χ4n) is 1.09. The van der Waals surface area contributed by atoms with E-state index in [2.05, 4.69) is 15.9 Å². The number of rotatable bonds is 4. The Hall–Kier alpha value is -0.840. The highest BCUT2D eigenvalue weighted by Gasteiger charge is 2.14. The smallest absolute Gasteiger partial charge is 0.194 e. The first kappa shape index (κ1) is 12.2. The van der Waals surface area contributed by atoms with Crippen LogP contribution >= 0.6 is 15.9 Å². The molecule has 0 radical (unpaired) electrons. The normalized spacial score (nSPS) is 10.4. The highest BCUT2D eigenvalue weighted by Crippen LogP contribution is 2.15. The molecule has 1 rings (SSSR count). The molecule has 0 unspecified atom stereocenters. The third-order valence-corrected chi connectivity index (χ3v) is 2.40. The van der Waals surface area contributed by atoms with Crippen LogP contribution in [0.1, 0.15) is 23.2 Å². The monoisotopic (exact) mass is 280 g/mol. The van der Waals surface area contributed by atoms with E-state index in [1.54, 1.807) is 0 Å². The first-order valence-electron chi connectivity index (χ1n) is 4.30. The zero-order chi connectivity index (χ0) is 11.4. The summed E-state index contributed by atoms with van der Waals surface area (Å²) >= 11 is 3.13. The number of hydrogen-bond acceptors (Lipinski definition) is 1. The molecule has 0 aliphatic carbocycles. The third kappa shape index (κ3) is 3.06. The van der Waals surface area contributed by atoms with Crippen LogP contribution in [0.3, 0.4) is 0 Å². The quantitative estimate of drug-likeness (QED) is 0.469. The summed E-state index contributed by atoms with van der Waals surface area (Å²) in [6.07, 6.45) is 0.745. The molecule has 0 saturated carbocycles. The van der Waals surface area contributed by atoms with Crippen molar-refractivity contribution in [1.82, 2.24) is 0 Å². The van der Waals surface area contributed by atoms with E-state index in [0.29, 0.717) is 11.8 Å². The van der Waals surface area contributed by atoms with Gasteiger partial charge in [0.15, 0.2) is 23.2 Å². The summed E-state index contributed by atoms with van der Waals surface area (Å²) in [5, 5.41) is 0.630. The Kier molecular flexibility index (Phi) is 4.32. The molecule has 5 heteroatoms. The molecule has 0 aliphatic rings. The van der Waals surface area contributed by atoms with Gasteiger partial charge in [0, 0.05) is 17.3 Å². The molecular formula is C10H8BrF3O. The fraction of sp³-hybridized carbons (Fsp3) is 0.300. The Labute approximate surface area is 93.4 Å². The molecule has 15 heavy (non-hydrogen) atoms. The van der Waals surface area contributed by atoms with Crippen LogP contribution in [-0.4, -0.2) is 11.1 Å². The van der Waals surface area contributed by atoms with E-state index in [4.69, 9.17) is 0 Å². The predicted octanol–water partition coefficient (Wildman–Crippen LogP) is 3.46. The summed E-state index contributed by atoms with van der Waals surface area (Å²) < 4.78 is 38.0. The van der Waals surface area contributed by atoms with Crippen LogP contribution < -0.4 is 0 Å². The molecule has 1 aromatic carbocycles. The average Bonchev–Trinajstić information content (AvgIpc) is 2.21. The fourth-order valence-corrected chi connectivity index (χ4v) is 1.37. The van der Waals surface area contributed by atoms with Crippen LogP contribution in [0.15, 0.2) is 12.1 Å². The van der Waals surface area contributed by atoms with Gasteiger partial charge in [-0.1, -0.05) is 15.9 Å². The first-order valence-corrected chi connectivity index (χ1v) is 5.42. The summed E-state index contributed by atoms with van der Waals surface area (Å²) in [6, 6.07) is 1.43. The van der Waals surface area contributed by atoms with Gasteiger partial charge in [-0.25, -0.2) is 13.2 Å². The van der Waals surface area contributed by atoms with Gasteiger partial charge in [-0.05, 0) is 18.6 Å². The van der Waals surface area contributed by atoms with E-state index in [9.17, 15) is 18.0 Å². The maximum Gasteiger partial charge on any atom is 0.194 e. The van der Waals surface area contributed by atoms with Gasteiger partial charge in [-0.15, -0.1) is 0 Å². The van der Waals surface area contributed by atoms with Crippen molar-refractivity contribution >= 4 is 21.7 Å². The average molecular weight is 281 g/mol. The maximum atomic E-state index is 12.7. The minimum atomic E-state index is -1.55. The number of alkyl halides is 1. The number of carbonyl (C=O) groups excluding carboxylic acids is 1. The minimum Gasteiger partial charge on any atom is -0.294 e. The molecule has 0 heterocycles. The lowest BCUT2D eigenvalue weighted by molar-refractivity contribution is 0.0981. The summed E-state index contributed by atoms with van der Waals surface area (Å²) in [6.45, 7) is 0. The Morgan fingerprint density at radius 3 is 2.20 bits per heavy atom. The van der Waals surface area contributed by atoms with Gasteiger partial charge in [-0.3, -0.25) is 4.79 Å². The Bertz CT molecular complexity index is 356. The summed E-state index contributed by atoms with van der Waals surface area (Å²) in [4.78, 5) is 11.3. The summed E-state index contributed by atoms with van der Waals surface area (Å²) in [5.74, 6) is -4.62. The number of carbonyl (C=O) groups is 1. The van der Waals surface area contributed by atoms with Gasteiger partial charge in [0.1, 0.15) is 0 Å². The van der Waals surface area contributed by atoms with E-state index >= 15 is 0 Å². The SMILES string of the molecule is O=C(CCCBr)c1cc(F)c(F)c(F)c1. The molecular weight excluding hydrogens is 273 g/mol. The van der Waals surface area contributed by atoms with Gasteiger partial charge < -0.3 is 0 Å². The topological polar surface area (TPSA) is 17.1 Å². The van der Waals surface area contributed by atoms with Crippen LogP contribution in [0, 0.1) is 17.5 Å². The molecule has 0 bridgehead atoms. The van der Waals surface area contributed by atoms with Crippen LogP contribution in [0.5, 0.6) is 0 Å². The maximum absolute atomic E-state index is 12.7. The molecule has 0 aliphatic heterocycles. The lowest BCUT2D eigenvalue weighted by Gasteiger charge is -2.01. The predicted molar refractivity (Wildman–Crippen MR) is 53.7 cm³/mol. The van der Waals surface area contributed by atoms with Gasteiger partial charge in [0.2, 0.25) is 0 Å². The first-order chi connectivity index (χ1) is 7.06. The number of hydrogen-bond donors (Lipinski definition) is 0. The molecule has 1 aromatic rings. The second-order valence-corrected chi connectivity index (χ2v) is 3.76. The standard InChI is InChI=1S/C10H8BrF3O/c11-3-1-2-9(15)6-4-7(12)10(14)8(13)5-6/h4-5H,1-3H2. The lowest BCUT2D eigenvalue weighted by Crippen LogP contribution is -2.03. The lowest BCUT2D eigenvalue weighted by atomic mass is 10.1. The second-order valence-electron chi connectivity index (χ2n) is 2.97. The molecule has 82 valence electrons. The zero-order valence-electron chi connectivity index (χ0n) is 7.70. The second kappa shape index (κ2) is 5.30. The highest BCUT2D eigenvalue weighted by molar-refractivity contribution is 9.09. The Morgan fingerprint density at radius 1 is 1.20 bits per heavy atom. The molecule has 0 saturated heterocycles. The van der Waals surface area contributed by atoms with Gasteiger partial charge in [0.05, 0.1) is 0 Å². The van der Waals surface area contributed by atoms with E-state index in [1.807, 2.05) is 0 Å². The molecule has 1 nitrogen and oxygen atoms in total. The van der Waals surface area contributed by atoms with Crippen molar-refractivity contribution in [2.75, 3.05) is 5.33 Å². The van der Waals surface area contributed by atoms with E-state index in [-0.39, 0.29) is 12.0 Å². The van der Waals surface area contributed by atoms with E-state index < -0.39 is 23.2 Å². The van der Waals surface area contributed by atoms with Crippen LogP contribution in [-0.2, 0) is 0 Å². The molecule has 0 atom stereocenters. The van der Waals surface area contributed by atoms with Crippen molar-refractivity contribution in [3.05, 3.63) is 35.1 Å². The Morgan fingerprint density at radius 2 is 1.73 bits per heavy atom. The molecule has 0 N–H and O–H groups in total. The minimum absolute atomic E-state index is 0.132. The van der Waals surface area contributed by atoms with E-state index in [0.717, 1.165) is 12.1 Å². The largest absolute Gasteiger partial charge is 0.294 e. The van der Waals surface area contributed by atoms with Gasteiger partial charge >= 0.3 is 0 Å². The Balaban J connectivity index is 2.91. The van der Waals surface area contributed by atoms with Crippen LogP contribution in [0.4, 0.5) is 13.2 Å². The molecule has 0 fully saturated rings. The highest BCUT2D eigenvalue weighted by atomic mass is 79.9. The van der Waals surface area contributed by atoms with E-state index in [1.165, 1.54) is 0 Å².